The molecule has 0 saturated heterocycles. The standard InChI is InChI=1S/C17H21NO5/c1-21-7-8-22-11-23-13-5-6-14-12(9-13)10-15-16(19)3-2-4-17(20)18(14)15/h2,4-6,9,15-16,19H,3,7-8,10-11H2,1H3/t15-,16-/m0/s1. The molecule has 0 fully saturated rings. The number of amides is 1. The molecule has 124 valence electrons. The topological polar surface area (TPSA) is 68.2 Å². The molecule has 2 atom stereocenters. The molecule has 0 unspecified atom stereocenters. The summed E-state index contributed by atoms with van der Waals surface area (Å²) in [4.78, 5) is 13.9. The summed E-state index contributed by atoms with van der Waals surface area (Å²) in [5.74, 6) is 0.609. The number of methoxy groups -OCH3 is 1. The number of carbonyl (C=O) groups excluding carboxylic acids is 1. The van der Waals surface area contributed by atoms with E-state index in [9.17, 15) is 9.90 Å². The van der Waals surface area contributed by atoms with E-state index in [1.54, 1.807) is 18.1 Å². The highest BCUT2D eigenvalue weighted by atomic mass is 16.7. The molecule has 0 aliphatic carbocycles. The average molecular weight is 319 g/mol. The molecule has 2 aliphatic heterocycles. The monoisotopic (exact) mass is 319 g/mol. The molecule has 1 N–H and O–H groups in total. The van der Waals surface area contributed by atoms with Crippen LogP contribution >= 0.6 is 0 Å². The minimum atomic E-state index is -0.549. The van der Waals surface area contributed by atoms with Crippen LogP contribution in [0.2, 0.25) is 0 Å². The highest BCUT2D eigenvalue weighted by molar-refractivity contribution is 6.04. The molecule has 1 amide bonds. The van der Waals surface area contributed by atoms with Crippen LogP contribution in [0.3, 0.4) is 0 Å². The van der Waals surface area contributed by atoms with E-state index in [4.69, 9.17) is 14.2 Å². The van der Waals surface area contributed by atoms with E-state index in [1.165, 1.54) is 6.08 Å². The molecule has 0 saturated carbocycles. The van der Waals surface area contributed by atoms with Crippen molar-refractivity contribution in [2.24, 2.45) is 0 Å². The van der Waals surface area contributed by atoms with Gasteiger partial charge in [0.2, 0.25) is 0 Å². The Bertz CT molecular complexity index is 601. The molecule has 23 heavy (non-hydrogen) atoms. The number of carbonyl (C=O) groups is 1. The van der Waals surface area contributed by atoms with E-state index in [0.717, 1.165) is 11.3 Å². The van der Waals surface area contributed by atoms with Crippen molar-refractivity contribution in [2.45, 2.75) is 25.0 Å². The Kier molecular flexibility index (Phi) is 4.95. The van der Waals surface area contributed by atoms with Gasteiger partial charge in [-0.15, -0.1) is 0 Å². The molecule has 1 aromatic carbocycles. The first-order valence-corrected chi connectivity index (χ1v) is 7.71. The molecule has 6 heteroatoms. The van der Waals surface area contributed by atoms with Crippen LogP contribution in [0, 0.1) is 0 Å². The van der Waals surface area contributed by atoms with Crippen LogP contribution < -0.4 is 9.64 Å². The Morgan fingerprint density at radius 3 is 3.04 bits per heavy atom. The van der Waals surface area contributed by atoms with Crippen molar-refractivity contribution < 1.29 is 24.1 Å². The number of aliphatic hydroxyl groups excluding tert-OH is 1. The maximum Gasteiger partial charge on any atom is 0.251 e. The zero-order valence-electron chi connectivity index (χ0n) is 13.1. The number of aliphatic hydroxyl groups is 1. The van der Waals surface area contributed by atoms with Crippen molar-refractivity contribution in [3.05, 3.63) is 35.9 Å². The Labute approximate surface area is 135 Å². The molecule has 2 aliphatic rings. The molecule has 0 spiro atoms. The van der Waals surface area contributed by atoms with Gasteiger partial charge in [0.25, 0.3) is 5.91 Å². The first-order chi connectivity index (χ1) is 11.2. The molecular weight excluding hydrogens is 298 g/mol. The first kappa shape index (κ1) is 16.0. The summed E-state index contributed by atoms with van der Waals surface area (Å²) in [6, 6.07) is 5.38. The maximum absolute atomic E-state index is 12.2. The van der Waals surface area contributed by atoms with E-state index >= 15 is 0 Å². The van der Waals surface area contributed by atoms with Crippen LogP contribution in [0.15, 0.2) is 30.4 Å². The van der Waals surface area contributed by atoms with E-state index in [2.05, 4.69) is 0 Å². The molecule has 0 aromatic heterocycles. The van der Waals surface area contributed by atoms with Crippen LogP contribution in [0.4, 0.5) is 5.69 Å². The largest absolute Gasteiger partial charge is 0.468 e. The Hall–Kier alpha value is -1.89. The minimum absolute atomic E-state index is 0.0816. The molecule has 0 bridgehead atoms. The number of rotatable bonds is 6. The zero-order valence-corrected chi connectivity index (χ0v) is 13.1. The second-order valence-corrected chi connectivity index (χ2v) is 5.64. The van der Waals surface area contributed by atoms with Gasteiger partial charge in [0.1, 0.15) is 5.75 Å². The van der Waals surface area contributed by atoms with E-state index in [0.29, 0.717) is 31.8 Å². The van der Waals surface area contributed by atoms with Crippen LogP contribution in [0.1, 0.15) is 12.0 Å². The van der Waals surface area contributed by atoms with Crippen molar-refractivity contribution >= 4 is 11.6 Å². The van der Waals surface area contributed by atoms with Crippen LogP contribution in [-0.2, 0) is 20.7 Å². The number of ether oxygens (including phenoxy) is 3. The second kappa shape index (κ2) is 7.12. The third-order valence-corrected chi connectivity index (χ3v) is 4.13. The fourth-order valence-corrected chi connectivity index (χ4v) is 2.99. The van der Waals surface area contributed by atoms with Crippen molar-refractivity contribution in [2.75, 3.05) is 32.0 Å². The lowest BCUT2D eigenvalue weighted by molar-refractivity contribution is -0.114. The maximum atomic E-state index is 12.2. The van der Waals surface area contributed by atoms with E-state index in [1.807, 2.05) is 18.2 Å². The quantitative estimate of drug-likeness (QED) is 0.632. The van der Waals surface area contributed by atoms with Crippen molar-refractivity contribution in [1.29, 1.82) is 0 Å². The third-order valence-electron chi connectivity index (χ3n) is 4.13. The average Bonchev–Trinajstić information content (AvgIpc) is 2.87. The summed E-state index contributed by atoms with van der Waals surface area (Å²) in [6.45, 7) is 1.15. The number of hydrogen-bond acceptors (Lipinski definition) is 5. The Morgan fingerprint density at radius 2 is 2.22 bits per heavy atom. The lowest BCUT2D eigenvalue weighted by atomic mass is 10.0. The highest BCUT2D eigenvalue weighted by Crippen LogP contribution is 2.37. The predicted molar refractivity (Wildman–Crippen MR) is 84.5 cm³/mol. The molecule has 6 nitrogen and oxygen atoms in total. The summed E-state index contributed by atoms with van der Waals surface area (Å²) < 4.78 is 15.7. The minimum Gasteiger partial charge on any atom is -0.468 e. The van der Waals surface area contributed by atoms with Crippen molar-refractivity contribution in [1.82, 2.24) is 0 Å². The van der Waals surface area contributed by atoms with Crippen molar-refractivity contribution in [3.63, 3.8) is 0 Å². The summed E-state index contributed by atoms with van der Waals surface area (Å²) in [6.07, 6.45) is 3.85. The van der Waals surface area contributed by atoms with Crippen LogP contribution in [0.25, 0.3) is 0 Å². The van der Waals surface area contributed by atoms with Gasteiger partial charge in [0, 0.05) is 12.8 Å². The predicted octanol–water partition coefficient (Wildman–Crippen LogP) is 1.26. The zero-order chi connectivity index (χ0) is 16.2. The molecule has 1 aromatic rings. The lowest BCUT2D eigenvalue weighted by Gasteiger charge is -2.26. The molecule has 3 rings (SSSR count). The number of nitrogens with zero attached hydrogens (tertiary/aromatic N) is 1. The van der Waals surface area contributed by atoms with E-state index < -0.39 is 6.10 Å². The highest BCUT2D eigenvalue weighted by Gasteiger charge is 2.38. The van der Waals surface area contributed by atoms with Gasteiger partial charge in [-0.2, -0.15) is 0 Å². The summed E-state index contributed by atoms with van der Waals surface area (Å²) >= 11 is 0. The molecule has 2 heterocycles. The SMILES string of the molecule is COCCOCOc1ccc2c(c1)C[C@H]1[C@@H](O)CC=CC(=O)N21. The Balaban J connectivity index is 1.69. The van der Waals surface area contributed by atoms with Gasteiger partial charge in [-0.3, -0.25) is 4.79 Å². The molecular formula is C17H21NO5. The fourth-order valence-electron chi connectivity index (χ4n) is 2.99. The van der Waals surface area contributed by atoms with Crippen LogP contribution in [-0.4, -0.2) is 50.3 Å². The normalized spacial score (nSPS) is 22.7. The summed E-state index contributed by atoms with van der Waals surface area (Å²) in [5, 5.41) is 10.2. The van der Waals surface area contributed by atoms with Gasteiger partial charge in [0.05, 0.1) is 25.4 Å². The van der Waals surface area contributed by atoms with Gasteiger partial charge in [-0.25, -0.2) is 0 Å². The van der Waals surface area contributed by atoms with Gasteiger partial charge in [-0.05, 0) is 42.7 Å². The molecule has 0 radical (unpaired) electrons. The lowest BCUT2D eigenvalue weighted by Crippen LogP contribution is -2.43. The van der Waals surface area contributed by atoms with E-state index in [-0.39, 0.29) is 18.7 Å². The van der Waals surface area contributed by atoms with Gasteiger partial charge >= 0.3 is 0 Å². The Morgan fingerprint density at radius 1 is 1.35 bits per heavy atom. The van der Waals surface area contributed by atoms with Gasteiger partial charge < -0.3 is 24.2 Å². The number of anilines is 1. The van der Waals surface area contributed by atoms with Crippen LogP contribution in [0.5, 0.6) is 5.75 Å². The smallest absolute Gasteiger partial charge is 0.251 e. The first-order valence-electron chi connectivity index (χ1n) is 7.71. The van der Waals surface area contributed by atoms with Crippen molar-refractivity contribution in [3.8, 4) is 5.75 Å². The number of benzene rings is 1. The van der Waals surface area contributed by atoms with Gasteiger partial charge in [-0.1, -0.05) is 6.08 Å². The summed E-state index contributed by atoms with van der Waals surface area (Å²) in [5.41, 5.74) is 1.85. The second-order valence-electron chi connectivity index (χ2n) is 5.64. The van der Waals surface area contributed by atoms with Gasteiger partial charge in [0.15, 0.2) is 6.79 Å². The third kappa shape index (κ3) is 3.39. The number of fused-ring (bicyclic) bond motifs is 3. The fraction of sp³-hybridized carbons (Fsp3) is 0.471. The number of hydrogen-bond donors (Lipinski definition) is 1. The summed E-state index contributed by atoms with van der Waals surface area (Å²) in [7, 11) is 1.62.